The summed E-state index contributed by atoms with van der Waals surface area (Å²) in [7, 11) is 3.35. The molecule has 2 aliphatic heterocycles. The molecule has 0 radical (unpaired) electrons. The summed E-state index contributed by atoms with van der Waals surface area (Å²) in [5, 5.41) is 9.23. The van der Waals surface area contributed by atoms with Gasteiger partial charge in [0.25, 0.3) is 0 Å². The van der Waals surface area contributed by atoms with E-state index >= 15 is 4.39 Å². The Balaban J connectivity index is 1.56. The number of rotatable bonds is 8. The van der Waals surface area contributed by atoms with Gasteiger partial charge in [0.15, 0.2) is 18.4 Å². The second kappa shape index (κ2) is 11.1. The number of fused-ring (bicyclic) bond motifs is 2. The Morgan fingerprint density at radius 3 is 2.64 bits per heavy atom. The predicted octanol–water partition coefficient (Wildman–Crippen LogP) is 5.07. The minimum atomic E-state index is -1.23. The molecule has 2 bridgehead atoms. The number of hydrogen-bond acceptors (Lipinski definition) is 9. The lowest BCUT2D eigenvalue weighted by Gasteiger charge is -2.63. The average Bonchev–Trinajstić information content (AvgIpc) is 2.86. The monoisotopic (exact) mass is 563 g/mol. The van der Waals surface area contributed by atoms with Gasteiger partial charge in [-0.25, -0.2) is 9.37 Å². The van der Waals surface area contributed by atoms with Crippen molar-refractivity contribution in [2.45, 2.75) is 89.2 Å². The van der Waals surface area contributed by atoms with Gasteiger partial charge in [0, 0.05) is 24.7 Å². The maximum absolute atomic E-state index is 16.5. The molecule has 39 heavy (non-hydrogen) atoms. The summed E-state index contributed by atoms with van der Waals surface area (Å²) >= 11 is 6.13. The minimum absolute atomic E-state index is 0.0453. The summed E-state index contributed by atoms with van der Waals surface area (Å²) in [4.78, 5) is 21.2. The Kier molecular flexibility index (Phi) is 8.40. The number of alkyl halides is 1. The lowest BCUT2D eigenvalue weighted by molar-refractivity contribution is -0.174. The average molecular weight is 564 g/mol. The van der Waals surface area contributed by atoms with Gasteiger partial charge in [-0.15, -0.1) is 10.2 Å². The number of ether oxygens (including phenoxy) is 3. The SMILES string of the molecule is COCOc1cc(Cl)ccc1-c1ncc(N(C)[C@H]2C[C@]3(C)CCC[C@](C)([C@H]2F)N3CC(=O)OC(C)(C)C)nn1. The van der Waals surface area contributed by atoms with E-state index in [1.54, 1.807) is 24.4 Å². The molecule has 1 aromatic heterocycles. The van der Waals surface area contributed by atoms with E-state index in [1.165, 1.54) is 7.11 Å². The fourth-order valence-electron chi connectivity index (χ4n) is 6.04. The summed E-state index contributed by atoms with van der Waals surface area (Å²) in [5.74, 6) is 0.963. The van der Waals surface area contributed by atoms with Gasteiger partial charge in [-0.05, 0) is 78.5 Å². The van der Waals surface area contributed by atoms with E-state index in [2.05, 4.69) is 22.1 Å². The second-order valence-corrected chi connectivity index (χ2v) is 12.4. The smallest absolute Gasteiger partial charge is 0.320 e. The lowest BCUT2D eigenvalue weighted by atomic mass is 9.65. The van der Waals surface area contributed by atoms with Crippen LogP contribution in [0.15, 0.2) is 24.4 Å². The number of halogens is 2. The molecule has 2 saturated heterocycles. The zero-order valence-corrected chi connectivity index (χ0v) is 24.6. The summed E-state index contributed by atoms with van der Waals surface area (Å²) in [6, 6.07) is 4.68. The molecule has 0 N–H and O–H groups in total. The van der Waals surface area contributed by atoms with E-state index in [4.69, 9.17) is 25.8 Å². The van der Waals surface area contributed by atoms with Crippen LogP contribution in [0.4, 0.5) is 10.2 Å². The molecule has 1 aromatic carbocycles. The number of carbonyl (C=O) groups is 1. The van der Waals surface area contributed by atoms with E-state index in [-0.39, 0.29) is 24.8 Å². The van der Waals surface area contributed by atoms with Crippen molar-refractivity contribution in [1.29, 1.82) is 0 Å². The summed E-state index contributed by atoms with van der Waals surface area (Å²) in [6.07, 6.45) is 3.31. The lowest BCUT2D eigenvalue weighted by Crippen LogP contribution is -2.74. The molecular formula is C28H39ClFN5O4. The molecule has 4 atom stereocenters. The zero-order valence-electron chi connectivity index (χ0n) is 23.8. The highest BCUT2D eigenvalue weighted by molar-refractivity contribution is 6.30. The van der Waals surface area contributed by atoms with Gasteiger partial charge >= 0.3 is 5.97 Å². The number of hydrogen-bond donors (Lipinski definition) is 0. The van der Waals surface area contributed by atoms with Crippen LogP contribution < -0.4 is 9.64 Å². The summed E-state index contributed by atoms with van der Waals surface area (Å²) in [5.41, 5.74) is -1.17. The fourth-order valence-corrected chi connectivity index (χ4v) is 6.20. The summed E-state index contributed by atoms with van der Waals surface area (Å²) < 4.78 is 32.7. The molecule has 2 aromatic rings. The molecule has 3 heterocycles. The zero-order chi connectivity index (χ0) is 28.6. The Bertz CT molecular complexity index is 1180. The van der Waals surface area contributed by atoms with Crippen LogP contribution in [0.3, 0.4) is 0 Å². The first-order valence-corrected chi connectivity index (χ1v) is 13.6. The van der Waals surface area contributed by atoms with Gasteiger partial charge in [0.1, 0.15) is 17.5 Å². The van der Waals surface area contributed by atoms with Crippen molar-refractivity contribution in [3.8, 4) is 17.1 Å². The largest absolute Gasteiger partial charge is 0.467 e. The third-order valence-corrected chi connectivity index (χ3v) is 8.11. The highest BCUT2D eigenvalue weighted by Gasteiger charge is 2.59. The van der Waals surface area contributed by atoms with Gasteiger partial charge in [0.2, 0.25) is 0 Å². The molecule has 214 valence electrons. The molecule has 0 saturated carbocycles. The van der Waals surface area contributed by atoms with Crippen LogP contribution in [0.5, 0.6) is 5.75 Å². The van der Waals surface area contributed by atoms with Crippen molar-refractivity contribution < 1.29 is 23.4 Å². The standard InChI is InChI=1S/C28H39ClFN5O4/c1-26(2,3)39-23(36)16-35-27(4)11-8-12-28(35,5)24(30)20(14-27)34(6)22-15-31-25(33-32-22)19-10-9-18(29)13-21(19)38-17-37-7/h9-10,13,15,20,24H,8,11-12,14,16-17H2,1-7H3/t20-,24-,27-,28+/m0/s1. The van der Waals surface area contributed by atoms with E-state index in [0.29, 0.717) is 40.8 Å². The molecule has 0 amide bonds. The Labute approximate surface area is 235 Å². The molecule has 11 heteroatoms. The van der Waals surface area contributed by atoms with Crippen molar-refractivity contribution in [3.05, 3.63) is 29.4 Å². The van der Waals surface area contributed by atoms with Gasteiger partial charge in [-0.1, -0.05) is 11.6 Å². The van der Waals surface area contributed by atoms with Crippen molar-refractivity contribution >= 4 is 23.4 Å². The Morgan fingerprint density at radius 2 is 2.00 bits per heavy atom. The molecule has 4 rings (SSSR count). The number of methoxy groups -OCH3 is 1. The van der Waals surface area contributed by atoms with Gasteiger partial charge in [0.05, 0.1) is 29.9 Å². The molecule has 0 unspecified atom stereocenters. The number of benzene rings is 1. The molecule has 2 fully saturated rings. The van der Waals surface area contributed by atoms with Gasteiger partial charge in [-0.3, -0.25) is 9.69 Å². The van der Waals surface area contributed by atoms with Crippen molar-refractivity contribution in [1.82, 2.24) is 20.1 Å². The third-order valence-electron chi connectivity index (χ3n) is 7.88. The maximum atomic E-state index is 16.5. The molecule has 9 nitrogen and oxygen atoms in total. The first-order valence-electron chi connectivity index (χ1n) is 13.3. The van der Waals surface area contributed by atoms with Crippen LogP contribution in [0.1, 0.15) is 60.3 Å². The number of carbonyl (C=O) groups excluding carboxylic acids is 1. The number of esters is 1. The van der Waals surface area contributed by atoms with Crippen LogP contribution >= 0.6 is 11.6 Å². The van der Waals surface area contributed by atoms with Gasteiger partial charge in [-0.2, -0.15) is 0 Å². The topological polar surface area (TPSA) is 89.9 Å². The first-order chi connectivity index (χ1) is 18.3. The molecule has 2 aliphatic rings. The van der Waals surface area contributed by atoms with Crippen molar-refractivity contribution in [3.63, 3.8) is 0 Å². The molecule has 0 aliphatic carbocycles. The van der Waals surface area contributed by atoms with Crippen LogP contribution in [0, 0.1) is 0 Å². The van der Waals surface area contributed by atoms with Gasteiger partial charge < -0.3 is 19.1 Å². The van der Waals surface area contributed by atoms with E-state index in [1.807, 2.05) is 44.5 Å². The summed E-state index contributed by atoms with van der Waals surface area (Å²) in [6.45, 7) is 9.68. The van der Waals surface area contributed by atoms with E-state index in [9.17, 15) is 4.79 Å². The second-order valence-electron chi connectivity index (χ2n) is 12.0. The number of anilines is 1. The Morgan fingerprint density at radius 1 is 1.26 bits per heavy atom. The normalized spacial score (nSPS) is 27.2. The third kappa shape index (κ3) is 6.12. The van der Waals surface area contributed by atoms with Crippen LogP contribution in [0.2, 0.25) is 5.02 Å². The molecule has 0 spiro atoms. The first kappa shape index (κ1) is 29.4. The predicted molar refractivity (Wildman–Crippen MR) is 148 cm³/mol. The maximum Gasteiger partial charge on any atom is 0.320 e. The van der Waals surface area contributed by atoms with Crippen LogP contribution in [-0.2, 0) is 14.3 Å². The highest BCUT2D eigenvalue weighted by atomic mass is 35.5. The molecular weight excluding hydrogens is 525 g/mol. The number of piperidine rings is 2. The van der Waals surface area contributed by atoms with Crippen molar-refractivity contribution in [2.75, 3.05) is 32.4 Å². The van der Waals surface area contributed by atoms with Crippen LogP contribution in [-0.4, -0.2) is 82.4 Å². The highest BCUT2D eigenvalue weighted by Crippen LogP contribution is 2.50. The van der Waals surface area contributed by atoms with Crippen molar-refractivity contribution in [2.24, 2.45) is 0 Å². The fraction of sp³-hybridized carbons (Fsp3) is 0.643. The number of aromatic nitrogens is 3. The number of nitrogens with zero attached hydrogens (tertiary/aromatic N) is 5. The Hall–Kier alpha value is -2.56. The van der Waals surface area contributed by atoms with Crippen LogP contribution in [0.25, 0.3) is 11.4 Å². The van der Waals surface area contributed by atoms with E-state index < -0.39 is 23.4 Å². The quantitative estimate of drug-likeness (QED) is 0.322. The minimum Gasteiger partial charge on any atom is -0.467 e. The van der Waals surface area contributed by atoms with E-state index in [0.717, 1.165) is 12.8 Å².